The second kappa shape index (κ2) is 37.9. The van der Waals surface area contributed by atoms with Crippen LogP contribution < -0.4 is 5.73 Å². The lowest BCUT2D eigenvalue weighted by Crippen LogP contribution is -2.28. The number of hydrogen-bond donors (Lipinski definition) is 2. The van der Waals surface area contributed by atoms with Crippen LogP contribution in [0.4, 0.5) is 0 Å². The van der Waals surface area contributed by atoms with E-state index < -0.39 is 5.97 Å². The first-order chi connectivity index (χ1) is 23.5. The van der Waals surface area contributed by atoms with Gasteiger partial charge in [-0.25, -0.2) is 0 Å². The number of nitrogens with two attached hydrogens (primary N) is 1. The first-order valence-electron chi connectivity index (χ1n) is 20.6. The van der Waals surface area contributed by atoms with E-state index >= 15 is 0 Å². The van der Waals surface area contributed by atoms with Gasteiger partial charge in [0, 0.05) is 19.2 Å². The summed E-state index contributed by atoms with van der Waals surface area (Å²) in [5, 5.41) is 8.51. The fourth-order valence-electron chi connectivity index (χ4n) is 5.97. The first kappa shape index (κ1) is 46.0. The highest BCUT2D eigenvalue weighted by atomic mass is 16.4. The van der Waals surface area contributed by atoms with Gasteiger partial charge in [0.1, 0.15) is 5.84 Å². The molecule has 6 heteroatoms. The summed E-state index contributed by atoms with van der Waals surface area (Å²) in [5.74, 6) is 0.438. The monoisotopic (exact) mass is 673 g/mol. The smallest absolute Gasteiger partial charge is 0.303 e. The quantitative estimate of drug-likeness (QED) is 0.0412. The maximum absolute atomic E-state index is 10.3. The van der Waals surface area contributed by atoms with Crippen LogP contribution in [0.1, 0.15) is 201 Å². The third-order valence-electron chi connectivity index (χ3n) is 9.00. The summed E-state index contributed by atoms with van der Waals surface area (Å²) in [6.07, 6.45) is 47.0. The number of hydrogen-bond acceptors (Lipinski definition) is 5. The molecule has 1 unspecified atom stereocenters. The number of rotatable bonds is 33. The molecule has 0 aromatic rings. The number of carboxylic acid groups (broad SMARTS) is 1. The molecule has 0 radical (unpaired) electrons. The number of carbonyl (C=O) groups is 1. The molecule has 1 rings (SSSR count). The summed E-state index contributed by atoms with van der Waals surface area (Å²) < 4.78 is 0. The maximum atomic E-state index is 10.3. The van der Waals surface area contributed by atoms with Crippen LogP contribution in [0.15, 0.2) is 34.3 Å². The van der Waals surface area contributed by atoms with E-state index in [1.807, 2.05) is 13.1 Å². The van der Waals surface area contributed by atoms with Gasteiger partial charge in [0.05, 0.1) is 19.3 Å². The van der Waals surface area contributed by atoms with Crippen LogP contribution in [0.5, 0.6) is 0 Å². The topological polar surface area (TPSA) is 91.3 Å². The molecular formula is C42H80N4O2. The number of nitrogens with zero attached hydrogens (tertiary/aromatic N) is 3. The Morgan fingerprint density at radius 1 is 0.708 bits per heavy atom. The van der Waals surface area contributed by atoms with Crippen molar-refractivity contribution in [1.29, 1.82) is 0 Å². The van der Waals surface area contributed by atoms with Crippen molar-refractivity contribution in [1.82, 2.24) is 4.90 Å². The summed E-state index contributed by atoms with van der Waals surface area (Å²) in [5.41, 5.74) is 5.65. The summed E-state index contributed by atoms with van der Waals surface area (Å²) >= 11 is 0. The van der Waals surface area contributed by atoms with Crippen LogP contribution in [0.3, 0.4) is 0 Å². The molecule has 48 heavy (non-hydrogen) atoms. The average Bonchev–Trinajstić information content (AvgIpc) is 3.51. The zero-order chi connectivity index (χ0) is 35.2. The lowest BCUT2D eigenvalue weighted by atomic mass is 10.0. The molecule has 3 N–H and O–H groups in total. The lowest BCUT2D eigenvalue weighted by molar-refractivity contribution is -0.137. The van der Waals surface area contributed by atoms with Crippen molar-refractivity contribution < 1.29 is 9.90 Å². The zero-order valence-corrected chi connectivity index (χ0v) is 32.2. The largest absolute Gasteiger partial charge is 0.481 e. The van der Waals surface area contributed by atoms with Gasteiger partial charge in [-0.2, -0.15) is 0 Å². The minimum atomic E-state index is -0.664. The predicted molar refractivity (Wildman–Crippen MR) is 213 cm³/mol. The molecule has 280 valence electrons. The van der Waals surface area contributed by atoms with E-state index in [0.717, 1.165) is 38.3 Å². The Bertz CT molecular complexity index is 805. The Morgan fingerprint density at radius 2 is 1.12 bits per heavy atom. The average molecular weight is 673 g/mol. The van der Waals surface area contributed by atoms with Crippen LogP contribution >= 0.6 is 0 Å². The van der Waals surface area contributed by atoms with Gasteiger partial charge in [-0.05, 0) is 57.9 Å². The number of amidine groups is 1. The summed E-state index contributed by atoms with van der Waals surface area (Å²) in [7, 11) is 0. The molecule has 1 aliphatic heterocycles. The fourth-order valence-corrected chi connectivity index (χ4v) is 5.97. The number of aliphatic carboxylic acids is 1. The van der Waals surface area contributed by atoms with E-state index in [1.54, 1.807) is 0 Å². The second-order valence-corrected chi connectivity index (χ2v) is 13.9. The number of allylic oxidation sites excluding steroid dienone is 3. The molecule has 1 heterocycles. The van der Waals surface area contributed by atoms with Crippen molar-refractivity contribution in [3.63, 3.8) is 0 Å². The minimum absolute atomic E-state index is 0.117. The van der Waals surface area contributed by atoms with Crippen molar-refractivity contribution >= 4 is 18.0 Å². The van der Waals surface area contributed by atoms with Crippen molar-refractivity contribution in [3.05, 3.63) is 24.3 Å². The van der Waals surface area contributed by atoms with Gasteiger partial charge in [0.25, 0.3) is 0 Å². The van der Waals surface area contributed by atoms with Gasteiger partial charge in [-0.1, -0.05) is 160 Å². The lowest BCUT2D eigenvalue weighted by Gasteiger charge is -2.15. The Hall–Kier alpha value is -1.95. The normalized spacial score (nSPS) is 13.9. The maximum Gasteiger partial charge on any atom is 0.303 e. The van der Waals surface area contributed by atoms with Crippen LogP contribution in [0.2, 0.25) is 0 Å². The van der Waals surface area contributed by atoms with Crippen molar-refractivity contribution in [2.45, 2.75) is 207 Å². The van der Waals surface area contributed by atoms with Crippen LogP contribution in [0.25, 0.3) is 0 Å². The van der Waals surface area contributed by atoms with Crippen molar-refractivity contribution in [2.75, 3.05) is 19.6 Å². The molecule has 0 bridgehead atoms. The van der Waals surface area contributed by atoms with Crippen LogP contribution in [-0.4, -0.2) is 53.8 Å². The molecule has 0 amide bonds. The highest BCUT2D eigenvalue weighted by molar-refractivity contribution is 5.95. The number of carboxylic acids is 1. The SMILES string of the molecule is CCCCCCCCC=CCCCCCCCC(=O)O.CCCCCCCCCCCCCCCC=CC1=NCCN1CC=NC(C)N. The van der Waals surface area contributed by atoms with Gasteiger partial charge in [0.15, 0.2) is 0 Å². The van der Waals surface area contributed by atoms with E-state index in [4.69, 9.17) is 10.8 Å². The van der Waals surface area contributed by atoms with Gasteiger partial charge in [-0.3, -0.25) is 14.8 Å². The molecule has 0 saturated heterocycles. The van der Waals surface area contributed by atoms with Gasteiger partial charge in [0.2, 0.25) is 0 Å². The molecule has 0 spiro atoms. The third-order valence-corrected chi connectivity index (χ3v) is 9.00. The first-order valence-corrected chi connectivity index (χ1v) is 20.6. The molecular weight excluding hydrogens is 592 g/mol. The molecule has 0 saturated carbocycles. The van der Waals surface area contributed by atoms with Crippen molar-refractivity contribution in [3.8, 4) is 0 Å². The third kappa shape index (κ3) is 35.4. The van der Waals surface area contributed by atoms with Crippen LogP contribution in [-0.2, 0) is 4.79 Å². The zero-order valence-electron chi connectivity index (χ0n) is 32.2. The standard InChI is InChI=1S/C24H46N4.C18H34O2/c1-3-4-5-6-7-8-9-10-11-12-13-14-15-16-17-18-24-27-20-22-28(24)21-19-26-23(2)25;1-2-3-4-5-6-7-8-9-10-11-12-13-14-15-16-17-18(19)20/h17-19,23H,3-16,20-22,25H2,1-2H3;9-10H,2-8,11-17H2,1H3,(H,19,20). The Kier molecular flexibility index (Phi) is 36.3. The minimum Gasteiger partial charge on any atom is -0.481 e. The molecule has 0 aliphatic carbocycles. The number of unbranched alkanes of at least 4 members (excludes halogenated alkanes) is 24. The Morgan fingerprint density at radius 3 is 1.56 bits per heavy atom. The second-order valence-electron chi connectivity index (χ2n) is 13.9. The van der Waals surface area contributed by atoms with Gasteiger partial charge in [-0.15, -0.1) is 0 Å². The molecule has 6 nitrogen and oxygen atoms in total. The van der Waals surface area contributed by atoms with E-state index in [0.29, 0.717) is 6.42 Å². The van der Waals surface area contributed by atoms with Gasteiger partial charge >= 0.3 is 5.97 Å². The Balaban J connectivity index is 0.000000977. The van der Waals surface area contributed by atoms with E-state index in [9.17, 15) is 4.79 Å². The molecule has 1 aliphatic rings. The van der Waals surface area contributed by atoms with Crippen molar-refractivity contribution in [2.24, 2.45) is 15.7 Å². The number of aliphatic imine (C=N–C) groups is 2. The highest BCUT2D eigenvalue weighted by Gasteiger charge is 2.12. The summed E-state index contributed by atoms with van der Waals surface area (Å²) in [6.45, 7) is 9.13. The van der Waals surface area contributed by atoms with Crippen LogP contribution in [0, 0.1) is 0 Å². The molecule has 0 aromatic carbocycles. The van der Waals surface area contributed by atoms with E-state index in [2.05, 4.69) is 53.0 Å². The molecule has 1 atom stereocenters. The summed E-state index contributed by atoms with van der Waals surface area (Å²) in [6, 6.07) is 0. The predicted octanol–water partition coefficient (Wildman–Crippen LogP) is 12.2. The summed E-state index contributed by atoms with van der Waals surface area (Å²) in [4.78, 5) is 21.4. The molecule has 0 fully saturated rings. The molecule has 0 aromatic heterocycles. The van der Waals surface area contributed by atoms with Gasteiger partial charge < -0.3 is 15.7 Å². The highest BCUT2D eigenvalue weighted by Crippen LogP contribution is 2.14. The van der Waals surface area contributed by atoms with E-state index in [-0.39, 0.29) is 6.17 Å². The van der Waals surface area contributed by atoms with E-state index in [1.165, 1.54) is 161 Å². The fraction of sp³-hybridized carbons (Fsp3) is 0.833. The Labute approximate surface area is 298 Å².